The van der Waals surface area contributed by atoms with Crippen LogP contribution in [0.5, 0.6) is 0 Å². The van der Waals surface area contributed by atoms with Gasteiger partial charge in [0, 0.05) is 29.2 Å². The van der Waals surface area contributed by atoms with Crippen LogP contribution in [0.3, 0.4) is 0 Å². The number of hydrogen-bond acceptors (Lipinski definition) is 7. The predicted molar refractivity (Wildman–Crippen MR) is 90.0 cm³/mol. The summed E-state index contributed by atoms with van der Waals surface area (Å²) in [7, 11) is -3.58. The average molecular weight is 371 g/mol. The van der Waals surface area contributed by atoms with Crippen molar-refractivity contribution in [3.63, 3.8) is 0 Å². The van der Waals surface area contributed by atoms with E-state index in [4.69, 9.17) is 4.74 Å². The van der Waals surface area contributed by atoms with Gasteiger partial charge < -0.3 is 4.74 Å². The molecule has 1 fully saturated rings. The summed E-state index contributed by atoms with van der Waals surface area (Å²) < 4.78 is 31.9. The van der Waals surface area contributed by atoms with Crippen LogP contribution in [0.2, 0.25) is 0 Å². The molecule has 2 aliphatic heterocycles. The Hall–Kier alpha value is -1.58. The van der Waals surface area contributed by atoms with Gasteiger partial charge in [0.15, 0.2) is 5.78 Å². The molecule has 0 saturated carbocycles. The molecule has 1 atom stereocenters. The second-order valence-corrected chi connectivity index (χ2v) is 8.42. The summed E-state index contributed by atoms with van der Waals surface area (Å²) in [6.07, 6.45) is 0.266. The number of hydrogen-bond donors (Lipinski definition) is 0. The van der Waals surface area contributed by atoms with Crippen LogP contribution in [0.1, 0.15) is 22.3 Å². The van der Waals surface area contributed by atoms with Gasteiger partial charge in [-0.2, -0.15) is 20.2 Å². The van der Waals surface area contributed by atoms with Crippen LogP contribution in [0.25, 0.3) is 0 Å². The molecule has 7 nitrogen and oxygen atoms in total. The Morgan fingerprint density at radius 1 is 1.38 bits per heavy atom. The number of nitrogens with zero attached hydrogens (tertiary/aromatic N) is 1. The van der Waals surface area contributed by atoms with E-state index in [1.54, 1.807) is 23.9 Å². The number of thioether (sulfide) groups is 1. The SMILES string of the molecule is CS(=O)(=O)OC[C@H]1CN(c2ccc3c(c2)CSCCC3=O)C(=O)O1. The third-order valence-electron chi connectivity index (χ3n) is 3.77. The van der Waals surface area contributed by atoms with E-state index in [9.17, 15) is 18.0 Å². The molecule has 3 rings (SSSR count). The first kappa shape index (κ1) is 17.2. The molecule has 0 radical (unpaired) electrons. The summed E-state index contributed by atoms with van der Waals surface area (Å²) in [6.45, 7) is -0.00538. The first-order chi connectivity index (χ1) is 11.3. The summed E-state index contributed by atoms with van der Waals surface area (Å²) >= 11 is 1.68. The zero-order valence-electron chi connectivity index (χ0n) is 13.1. The molecule has 2 heterocycles. The smallest absolute Gasteiger partial charge is 0.414 e. The van der Waals surface area contributed by atoms with Crippen LogP contribution in [0.4, 0.5) is 10.5 Å². The van der Waals surface area contributed by atoms with Gasteiger partial charge in [-0.1, -0.05) is 0 Å². The number of anilines is 1. The summed E-state index contributed by atoms with van der Waals surface area (Å²) in [6, 6.07) is 5.28. The van der Waals surface area contributed by atoms with Crippen LogP contribution >= 0.6 is 11.8 Å². The first-order valence-corrected chi connectivity index (χ1v) is 10.4. The summed E-state index contributed by atoms with van der Waals surface area (Å²) in [4.78, 5) is 25.5. The topological polar surface area (TPSA) is 90.0 Å². The van der Waals surface area contributed by atoms with Crippen molar-refractivity contribution in [1.29, 1.82) is 0 Å². The molecular formula is C15H17NO6S2. The van der Waals surface area contributed by atoms with Crippen LogP contribution in [-0.2, 0) is 24.8 Å². The van der Waals surface area contributed by atoms with Crippen molar-refractivity contribution in [2.45, 2.75) is 18.3 Å². The lowest BCUT2D eigenvalue weighted by molar-refractivity contribution is 0.0989. The number of carbonyl (C=O) groups is 2. The lowest BCUT2D eigenvalue weighted by Gasteiger charge is -2.15. The molecule has 0 spiro atoms. The van der Waals surface area contributed by atoms with E-state index < -0.39 is 22.3 Å². The molecule has 0 aromatic heterocycles. The second-order valence-electron chi connectivity index (χ2n) is 5.67. The number of benzene rings is 1. The highest BCUT2D eigenvalue weighted by Crippen LogP contribution is 2.29. The molecule has 1 saturated heterocycles. The zero-order valence-corrected chi connectivity index (χ0v) is 14.7. The Kier molecular flexibility index (Phi) is 4.84. The second kappa shape index (κ2) is 6.73. The van der Waals surface area contributed by atoms with Crippen LogP contribution in [-0.4, -0.2) is 51.6 Å². The molecule has 2 aliphatic rings. The Morgan fingerprint density at radius 2 is 2.17 bits per heavy atom. The number of ether oxygens (including phenoxy) is 1. The molecule has 0 aliphatic carbocycles. The van der Waals surface area contributed by atoms with E-state index in [1.807, 2.05) is 6.07 Å². The highest BCUT2D eigenvalue weighted by molar-refractivity contribution is 7.98. The number of amides is 1. The summed E-state index contributed by atoms with van der Waals surface area (Å²) in [5.74, 6) is 1.63. The van der Waals surface area contributed by atoms with E-state index in [1.165, 1.54) is 4.90 Å². The van der Waals surface area contributed by atoms with Crippen LogP contribution in [0.15, 0.2) is 18.2 Å². The Balaban J connectivity index is 1.76. The number of fused-ring (bicyclic) bond motifs is 1. The zero-order chi connectivity index (χ0) is 17.3. The van der Waals surface area contributed by atoms with E-state index in [-0.39, 0.29) is 18.9 Å². The molecule has 0 bridgehead atoms. The molecule has 0 N–H and O–H groups in total. The molecule has 1 aromatic carbocycles. The quantitative estimate of drug-likeness (QED) is 0.746. The molecule has 1 amide bonds. The fraction of sp³-hybridized carbons (Fsp3) is 0.467. The van der Waals surface area contributed by atoms with E-state index in [0.717, 1.165) is 23.3 Å². The van der Waals surface area contributed by atoms with Gasteiger partial charge in [-0.05, 0) is 23.8 Å². The number of cyclic esters (lactones) is 1. The Bertz CT molecular complexity index is 776. The molecular weight excluding hydrogens is 354 g/mol. The highest BCUT2D eigenvalue weighted by atomic mass is 32.2. The van der Waals surface area contributed by atoms with Gasteiger partial charge >= 0.3 is 6.09 Å². The van der Waals surface area contributed by atoms with E-state index in [0.29, 0.717) is 17.7 Å². The van der Waals surface area contributed by atoms with Crippen molar-refractivity contribution in [3.05, 3.63) is 29.3 Å². The van der Waals surface area contributed by atoms with Gasteiger partial charge in [0.25, 0.3) is 10.1 Å². The monoisotopic (exact) mass is 371 g/mol. The lowest BCUT2D eigenvalue weighted by atomic mass is 10.0. The summed E-state index contributed by atoms with van der Waals surface area (Å²) in [5.41, 5.74) is 2.24. The minimum absolute atomic E-state index is 0.116. The maximum absolute atomic E-state index is 12.0. The van der Waals surface area contributed by atoms with E-state index in [2.05, 4.69) is 4.18 Å². The number of Topliss-reactive ketones (excluding diaryl/α,β-unsaturated/α-hetero) is 1. The maximum atomic E-state index is 12.0. The maximum Gasteiger partial charge on any atom is 0.414 e. The van der Waals surface area contributed by atoms with Crippen molar-refractivity contribution in [3.8, 4) is 0 Å². The predicted octanol–water partition coefficient (Wildman–Crippen LogP) is 1.81. The summed E-state index contributed by atoms with van der Waals surface area (Å²) in [5, 5.41) is 0. The third-order valence-corrected chi connectivity index (χ3v) is 5.35. The number of carbonyl (C=O) groups excluding carboxylic acids is 2. The number of ketones is 1. The highest BCUT2D eigenvalue weighted by Gasteiger charge is 2.33. The Morgan fingerprint density at radius 3 is 2.92 bits per heavy atom. The normalized spacial score (nSPS) is 21.4. The third kappa shape index (κ3) is 3.90. The standard InChI is InChI=1S/C15H17NO6S2/c1-24(19,20)21-8-12-7-16(15(18)22-12)11-2-3-13-10(6-11)9-23-5-4-14(13)17/h2-3,6,12H,4-5,7-9H2,1H3/t12-/m1/s1. The lowest BCUT2D eigenvalue weighted by Crippen LogP contribution is -2.26. The van der Waals surface area contributed by atoms with E-state index >= 15 is 0 Å². The van der Waals surface area contributed by atoms with Gasteiger partial charge in [-0.15, -0.1) is 0 Å². The molecule has 24 heavy (non-hydrogen) atoms. The average Bonchev–Trinajstić information content (AvgIpc) is 2.79. The minimum Gasteiger partial charge on any atom is -0.441 e. The van der Waals surface area contributed by atoms with Crippen molar-refractivity contribution >= 4 is 39.4 Å². The molecule has 9 heteroatoms. The number of rotatable bonds is 4. The largest absolute Gasteiger partial charge is 0.441 e. The van der Waals surface area contributed by atoms with Gasteiger partial charge in [-0.3, -0.25) is 13.9 Å². The van der Waals surface area contributed by atoms with Crippen molar-refractivity contribution in [2.75, 3.05) is 30.1 Å². The van der Waals surface area contributed by atoms with Gasteiger partial charge in [0.2, 0.25) is 0 Å². The van der Waals surface area contributed by atoms with Crippen LogP contribution < -0.4 is 4.90 Å². The fourth-order valence-electron chi connectivity index (χ4n) is 2.64. The van der Waals surface area contributed by atoms with Gasteiger partial charge in [0.1, 0.15) is 12.7 Å². The minimum atomic E-state index is -3.58. The fourth-order valence-corrected chi connectivity index (χ4v) is 3.97. The van der Waals surface area contributed by atoms with Crippen molar-refractivity contribution in [1.82, 2.24) is 0 Å². The van der Waals surface area contributed by atoms with Gasteiger partial charge in [-0.25, -0.2) is 4.79 Å². The molecule has 130 valence electrons. The van der Waals surface area contributed by atoms with Crippen molar-refractivity contribution < 1.29 is 26.9 Å². The first-order valence-electron chi connectivity index (χ1n) is 7.40. The van der Waals surface area contributed by atoms with Crippen molar-refractivity contribution in [2.24, 2.45) is 0 Å². The Labute approximate surface area is 144 Å². The van der Waals surface area contributed by atoms with Crippen LogP contribution in [0, 0.1) is 0 Å². The molecule has 0 unspecified atom stereocenters. The molecule has 1 aromatic rings. The van der Waals surface area contributed by atoms with Gasteiger partial charge in [0.05, 0.1) is 12.8 Å².